The maximum atomic E-state index is 12.2. The highest BCUT2D eigenvalue weighted by Gasteiger charge is 2.11. The minimum atomic E-state index is -0.0345. The molecule has 0 fully saturated rings. The van der Waals surface area contributed by atoms with E-state index in [4.69, 9.17) is 9.97 Å². The predicted molar refractivity (Wildman–Crippen MR) is 141 cm³/mol. The second-order valence-corrected chi connectivity index (χ2v) is 8.52. The molecule has 0 saturated heterocycles. The Bertz CT molecular complexity index is 1490. The molecule has 0 saturated carbocycles. The number of anilines is 3. The summed E-state index contributed by atoms with van der Waals surface area (Å²) in [5.41, 5.74) is 4.42. The summed E-state index contributed by atoms with van der Waals surface area (Å²) < 4.78 is 0. The Balaban J connectivity index is 1.43. The van der Waals surface area contributed by atoms with Crippen LogP contribution in [0.2, 0.25) is 0 Å². The summed E-state index contributed by atoms with van der Waals surface area (Å²) >= 11 is 0. The van der Waals surface area contributed by atoms with Gasteiger partial charge < -0.3 is 16.0 Å². The fourth-order valence-electron chi connectivity index (χ4n) is 3.84. The summed E-state index contributed by atoms with van der Waals surface area (Å²) in [6.45, 7) is 4.24. The lowest BCUT2D eigenvalue weighted by Gasteiger charge is -2.13. The molecule has 1 atom stereocenters. The third-order valence-electron chi connectivity index (χ3n) is 5.90. The van der Waals surface area contributed by atoms with Crippen molar-refractivity contribution in [2.24, 2.45) is 0 Å². The molecule has 1 unspecified atom stereocenters. The molecule has 0 radical (unpaired) electrons. The van der Waals surface area contributed by atoms with Crippen LogP contribution in [0.5, 0.6) is 0 Å². The molecule has 0 aliphatic carbocycles. The highest BCUT2D eigenvalue weighted by atomic mass is 16.1. The summed E-state index contributed by atoms with van der Waals surface area (Å²) in [6.07, 6.45) is 2.69. The number of aromatic nitrogens is 4. The highest BCUT2D eigenvalue weighted by molar-refractivity contribution is 5.93. The number of aromatic amines is 1. The molecule has 0 aliphatic rings. The van der Waals surface area contributed by atoms with Gasteiger partial charge in [-0.1, -0.05) is 31.2 Å². The van der Waals surface area contributed by atoms with E-state index in [0.717, 1.165) is 51.0 Å². The van der Waals surface area contributed by atoms with E-state index in [2.05, 4.69) is 26.1 Å². The van der Waals surface area contributed by atoms with Crippen LogP contribution in [0.3, 0.4) is 0 Å². The number of H-pyrrole nitrogens is 1. The predicted octanol–water partition coefficient (Wildman–Crippen LogP) is 5.24. The number of nitrogens with zero attached hydrogens (tertiary/aromatic N) is 3. The first-order valence-corrected chi connectivity index (χ1v) is 11.7. The van der Waals surface area contributed by atoms with E-state index in [1.165, 1.54) is 0 Å². The smallest absolute Gasteiger partial charge is 0.239 e. The zero-order valence-corrected chi connectivity index (χ0v) is 19.7. The third kappa shape index (κ3) is 5.06. The van der Waals surface area contributed by atoms with Crippen molar-refractivity contribution in [1.29, 1.82) is 0 Å². The fourth-order valence-corrected chi connectivity index (χ4v) is 3.84. The maximum absolute atomic E-state index is 12.2. The van der Waals surface area contributed by atoms with Crippen LogP contribution >= 0.6 is 0 Å². The summed E-state index contributed by atoms with van der Waals surface area (Å²) in [4.78, 5) is 21.8. The molecule has 8 heteroatoms. The average molecular weight is 466 g/mol. The van der Waals surface area contributed by atoms with Crippen LogP contribution in [-0.2, 0) is 4.79 Å². The first kappa shape index (κ1) is 22.3. The quantitative estimate of drug-likeness (QED) is 0.250. The monoisotopic (exact) mass is 465 g/mol. The second-order valence-electron chi connectivity index (χ2n) is 8.52. The summed E-state index contributed by atoms with van der Waals surface area (Å²) in [6, 6.07) is 21.9. The van der Waals surface area contributed by atoms with Gasteiger partial charge in [-0.2, -0.15) is 5.10 Å². The third-order valence-corrected chi connectivity index (χ3v) is 5.90. The van der Waals surface area contributed by atoms with Crippen LogP contribution in [0.4, 0.5) is 17.2 Å². The molecular weight excluding hydrogens is 438 g/mol. The minimum absolute atomic E-state index is 0.0345. The standard InChI is InChI=1S/C27H27N7O/c1-3-17(2)30-25(35)16-28-20-8-6-7-18(13-20)26-32-24-10-5-4-9-22(24)27(33-26)31-21-11-12-23-19(14-21)15-29-34-23/h4-15,17,28H,3,16H2,1-2H3,(H,29,34)(H,30,35)(H,31,32,33). The Labute approximate surface area is 203 Å². The van der Waals surface area contributed by atoms with Crippen LogP contribution in [-0.4, -0.2) is 38.7 Å². The Hall–Kier alpha value is -4.46. The van der Waals surface area contributed by atoms with Gasteiger partial charge in [-0.25, -0.2) is 9.97 Å². The van der Waals surface area contributed by atoms with E-state index in [-0.39, 0.29) is 18.5 Å². The highest BCUT2D eigenvalue weighted by Crippen LogP contribution is 2.29. The molecule has 5 rings (SSSR count). The number of hydrogen-bond donors (Lipinski definition) is 4. The lowest BCUT2D eigenvalue weighted by Crippen LogP contribution is -2.36. The maximum Gasteiger partial charge on any atom is 0.239 e. The van der Waals surface area contributed by atoms with E-state index < -0.39 is 0 Å². The number of carbonyl (C=O) groups excluding carboxylic acids is 1. The number of benzene rings is 3. The van der Waals surface area contributed by atoms with Crippen LogP contribution in [0.25, 0.3) is 33.2 Å². The topological polar surface area (TPSA) is 108 Å². The SMILES string of the molecule is CCC(C)NC(=O)CNc1cccc(-c2nc(Nc3ccc4[nH]ncc4c3)c3ccccc3n2)c1. The molecule has 2 heterocycles. The van der Waals surface area contributed by atoms with Gasteiger partial charge in [0.2, 0.25) is 5.91 Å². The zero-order valence-electron chi connectivity index (χ0n) is 19.7. The van der Waals surface area contributed by atoms with Gasteiger partial charge in [0.25, 0.3) is 0 Å². The molecule has 5 aromatic rings. The Morgan fingerprint density at radius 2 is 1.89 bits per heavy atom. The zero-order chi connectivity index (χ0) is 24.2. The van der Waals surface area contributed by atoms with Gasteiger partial charge in [0.1, 0.15) is 5.82 Å². The van der Waals surface area contributed by atoms with Gasteiger partial charge in [0, 0.05) is 33.8 Å². The number of carbonyl (C=O) groups is 1. The van der Waals surface area contributed by atoms with Gasteiger partial charge in [0.05, 0.1) is 23.8 Å². The molecule has 35 heavy (non-hydrogen) atoms. The van der Waals surface area contributed by atoms with Gasteiger partial charge in [-0.3, -0.25) is 9.89 Å². The molecule has 8 nitrogen and oxygen atoms in total. The molecule has 1 amide bonds. The lowest BCUT2D eigenvalue weighted by atomic mass is 10.1. The van der Waals surface area contributed by atoms with Crippen molar-refractivity contribution >= 4 is 44.9 Å². The van der Waals surface area contributed by atoms with E-state index in [1.807, 2.05) is 80.6 Å². The average Bonchev–Trinajstić information content (AvgIpc) is 3.35. The van der Waals surface area contributed by atoms with Crippen LogP contribution in [0.15, 0.2) is 72.9 Å². The molecule has 0 aliphatic heterocycles. The molecule has 2 aromatic heterocycles. The van der Waals surface area contributed by atoms with Crippen molar-refractivity contribution in [3.63, 3.8) is 0 Å². The Morgan fingerprint density at radius 1 is 1.00 bits per heavy atom. The van der Waals surface area contributed by atoms with Crippen molar-refractivity contribution in [2.75, 3.05) is 17.2 Å². The summed E-state index contributed by atoms with van der Waals surface area (Å²) in [7, 11) is 0. The van der Waals surface area contributed by atoms with Gasteiger partial charge in [-0.05, 0) is 55.8 Å². The number of nitrogens with one attached hydrogen (secondary N) is 4. The van der Waals surface area contributed by atoms with Gasteiger partial charge >= 0.3 is 0 Å². The minimum Gasteiger partial charge on any atom is -0.376 e. The van der Waals surface area contributed by atoms with E-state index in [9.17, 15) is 4.79 Å². The van der Waals surface area contributed by atoms with Crippen molar-refractivity contribution in [1.82, 2.24) is 25.5 Å². The normalized spacial score (nSPS) is 11.9. The number of para-hydroxylation sites is 1. The first-order chi connectivity index (χ1) is 17.1. The molecule has 4 N–H and O–H groups in total. The second kappa shape index (κ2) is 9.80. The van der Waals surface area contributed by atoms with Crippen molar-refractivity contribution in [3.05, 3.63) is 72.9 Å². The van der Waals surface area contributed by atoms with Crippen LogP contribution < -0.4 is 16.0 Å². The number of fused-ring (bicyclic) bond motifs is 2. The Kier molecular flexibility index (Phi) is 6.26. The Morgan fingerprint density at radius 3 is 2.77 bits per heavy atom. The van der Waals surface area contributed by atoms with Crippen molar-refractivity contribution in [3.8, 4) is 11.4 Å². The van der Waals surface area contributed by atoms with E-state index in [0.29, 0.717) is 5.82 Å². The van der Waals surface area contributed by atoms with Gasteiger partial charge in [0.15, 0.2) is 5.82 Å². The molecule has 0 spiro atoms. The van der Waals surface area contributed by atoms with Crippen molar-refractivity contribution in [2.45, 2.75) is 26.3 Å². The van der Waals surface area contributed by atoms with Crippen molar-refractivity contribution < 1.29 is 4.79 Å². The molecule has 3 aromatic carbocycles. The largest absolute Gasteiger partial charge is 0.376 e. The van der Waals surface area contributed by atoms with E-state index in [1.54, 1.807) is 6.20 Å². The lowest BCUT2D eigenvalue weighted by molar-refractivity contribution is -0.120. The fraction of sp³-hybridized carbons (Fsp3) is 0.185. The summed E-state index contributed by atoms with van der Waals surface area (Å²) in [5.74, 6) is 1.29. The number of rotatable bonds is 8. The van der Waals surface area contributed by atoms with Crippen LogP contribution in [0, 0.1) is 0 Å². The first-order valence-electron chi connectivity index (χ1n) is 11.7. The van der Waals surface area contributed by atoms with Crippen LogP contribution in [0.1, 0.15) is 20.3 Å². The molecular formula is C27H27N7O. The number of amides is 1. The number of hydrogen-bond acceptors (Lipinski definition) is 6. The van der Waals surface area contributed by atoms with Gasteiger partial charge in [-0.15, -0.1) is 0 Å². The van der Waals surface area contributed by atoms with E-state index >= 15 is 0 Å². The summed E-state index contributed by atoms with van der Waals surface area (Å²) in [5, 5.41) is 18.6. The molecule has 176 valence electrons. The molecule has 0 bridgehead atoms.